The molecule has 5 heteroatoms. The second-order valence-corrected chi connectivity index (χ2v) is 6.63. The molecule has 0 amide bonds. The molecule has 0 saturated heterocycles. The standard InChI is InChI=1S/C14H16BrClN2S/c1-3-13(14-17-6-7-19-14)18-9(2)11-5-4-10(15)8-12(11)16/h4-9,13,18H,3H2,1-2H3. The molecule has 1 N–H and O–H groups in total. The lowest BCUT2D eigenvalue weighted by molar-refractivity contribution is 0.455. The van der Waals surface area contributed by atoms with Crippen LogP contribution >= 0.6 is 38.9 Å². The lowest BCUT2D eigenvalue weighted by atomic mass is 10.1. The highest BCUT2D eigenvalue weighted by molar-refractivity contribution is 9.10. The maximum Gasteiger partial charge on any atom is 0.109 e. The minimum absolute atomic E-state index is 0.189. The summed E-state index contributed by atoms with van der Waals surface area (Å²) in [5, 5.41) is 7.51. The summed E-state index contributed by atoms with van der Waals surface area (Å²) in [5.74, 6) is 0. The van der Waals surface area contributed by atoms with Crippen molar-refractivity contribution < 1.29 is 0 Å². The molecule has 0 aliphatic heterocycles. The Balaban J connectivity index is 2.13. The third-order valence-corrected chi connectivity index (χ3v) is 4.75. The van der Waals surface area contributed by atoms with Gasteiger partial charge >= 0.3 is 0 Å². The fourth-order valence-corrected chi connectivity index (χ4v) is 3.63. The predicted molar refractivity (Wildman–Crippen MR) is 85.8 cm³/mol. The second-order valence-electron chi connectivity index (χ2n) is 4.39. The number of nitrogens with one attached hydrogen (secondary N) is 1. The molecule has 0 aliphatic carbocycles. The van der Waals surface area contributed by atoms with Gasteiger partial charge in [0.2, 0.25) is 0 Å². The van der Waals surface area contributed by atoms with Gasteiger partial charge in [0, 0.05) is 27.1 Å². The number of hydrogen-bond acceptors (Lipinski definition) is 3. The van der Waals surface area contributed by atoms with Crippen molar-refractivity contribution in [1.29, 1.82) is 0 Å². The summed E-state index contributed by atoms with van der Waals surface area (Å²) in [5.41, 5.74) is 1.11. The molecular weight excluding hydrogens is 344 g/mol. The van der Waals surface area contributed by atoms with Crippen LogP contribution in [0, 0.1) is 0 Å². The van der Waals surface area contributed by atoms with Crippen LogP contribution in [0.25, 0.3) is 0 Å². The van der Waals surface area contributed by atoms with E-state index in [2.05, 4.69) is 46.1 Å². The predicted octanol–water partition coefficient (Wildman–Crippen LogP) is 5.36. The molecular formula is C14H16BrClN2S. The fourth-order valence-electron chi connectivity index (χ4n) is 2.01. The van der Waals surface area contributed by atoms with E-state index in [1.54, 1.807) is 11.3 Å². The number of rotatable bonds is 5. The minimum Gasteiger partial charge on any atom is -0.301 e. The molecule has 102 valence electrons. The Morgan fingerprint density at radius 1 is 1.47 bits per heavy atom. The van der Waals surface area contributed by atoms with Gasteiger partial charge in [-0.3, -0.25) is 0 Å². The van der Waals surface area contributed by atoms with Crippen molar-refractivity contribution in [3.8, 4) is 0 Å². The number of benzene rings is 1. The van der Waals surface area contributed by atoms with Crippen molar-refractivity contribution in [1.82, 2.24) is 10.3 Å². The maximum absolute atomic E-state index is 6.29. The molecule has 2 aromatic rings. The van der Waals surface area contributed by atoms with Crippen LogP contribution in [0.4, 0.5) is 0 Å². The Morgan fingerprint density at radius 2 is 2.26 bits per heavy atom. The quantitative estimate of drug-likeness (QED) is 0.777. The normalized spacial score (nSPS) is 14.3. The monoisotopic (exact) mass is 358 g/mol. The highest BCUT2D eigenvalue weighted by atomic mass is 79.9. The Kier molecular flexibility index (Phi) is 5.39. The Labute approximate surface area is 131 Å². The van der Waals surface area contributed by atoms with Crippen molar-refractivity contribution in [2.45, 2.75) is 32.4 Å². The number of aromatic nitrogens is 1. The van der Waals surface area contributed by atoms with E-state index in [-0.39, 0.29) is 12.1 Å². The first-order chi connectivity index (χ1) is 9.11. The van der Waals surface area contributed by atoms with Crippen molar-refractivity contribution in [3.63, 3.8) is 0 Å². The minimum atomic E-state index is 0.189. The molecule has 0 saturated carbocycles. The maximum atomic E-state index is 6.29. The van der Waals surface area contributed by atoms with E-state index >= 15 is 0 Å². The molecule has 1 heterocycles. The van der Waals surface area contributed by atoms with Gasteiger partial charge in [0.05, 0.1) is 6.04 Å². The Bertz CT molecular complexity index is 530. The third-order valence-electron chi connectivity index (χ3n) is 3.04. The van der Waals surface area contributed by atoms with E-state index in [0.29, 0.717) is 0 Å². The lowest BCUT2D eigenvalue weighted by Crippen LogP contribution is -2.24. The average Bonchev–Trinajstić information content (AvgIpc) is 2.89. The van der Waals surface area contributed by atoms with Gasteiger partial charge in [-0.15, -0.1) is 11.3 Å². The van der Waals surface area contributed by atoms with Crippen molar-refractivity contribution in [3.05, 3.63) is 49.8 Å². The zero-order valence-corrected chi connectivity index (χ0v) is 14.0. The largest absolute Gasteiger partial charge is 0.301 e. The van der Waals surface area contributed by atoms with Gasteiger partial charge in [0.15, 0.2) is 0 Å². The zero-order chi connectivity index (χ0) is 13.8. The smallest absolute Gasteiger partial charge is 0.109 e. The SMILES string of the molecule is CCC(NC(C)c1ccc(Br)cc1Cl)c1nccs1. The van der Waals surface area contributed by atoms with Crippen molar-refractivity contribution in [2.75, 3.05) is 0 Å². The summed E-state index contributed by atoms with van der Waals surface area (Å²) >= 11 is 11.4. The van der Waals surface area contributed by atoms with Gasteiger partial charge in [0.1, 0.15) is 5.01 Å². The van der Waals surface area contributed by atoms with Crippen LogP contribution in [-0.4, -0.2) is 4.98 Å². The number of hydrogen-bond donors (Lipinski definition) is 1. The van der Waals surface area contributed by atoms with Crippen LogP contribution in [0.2, 0.25) is 5.02 Å². The summed E-state index contributed by atoms with van der Waals surface area (Å²) in [4.78, 5) is 4.39. The van der Waals surface area contributed by atoms with Gasteiger partial charge < -0.3 is 5.32 Å². The molecule has 0 aliphatic rings. The first-order valence-corrected chi connectivity index (χ1v) is 8.27. The van der Waals surface area contributed by atoms with Gasteiger partial charge in [0.25, 0.3) is 0 Å². The van der Waals surface area contributed by atoms with E-state index in [0.717, 1.165) is 26.5 Å². The highest BCUT2D eigenvalue weighted by Crippen LogP contribution is 2.29. The molecule has 0 fully saturated rings. The van der Waals surface area contributed by atoms with Crippen LogP contribution in [0.3, 0.4) is 0 Å². The molecule has 2 unspecified atom stereocenters. The topological polar surface area (TPSA) is 24.9 Å². The molecule has 19 heavy (non-hydrogen) atoms. The molecule has 1 aromatic heterocycles. The third kappa shape index (κ3) is 3.78. The molecule has 2 atom stereocenters. The average molecular weight is 360 g/mol. The van der Waals surface area contributed by atoms with E-state index in [9.17, 15) is 0 Å². The molecule has 1 aromatic carbocycles. The number of nitrogens with zero attached hydrogens (tertiary/aromatic N) is 1. The van der Waals surface area contributed by atoms with Crippen molar-refractivity contribution >= 4 is 38.9 Å². The van der Waals surface area contributed by atoms with E-state index in [1.165, 1.54) is 0 Å². The van der Waals surface area contributed by atoms with Crippen LogP contribution < -0.4 is 5.32 Å². The fraction of sp³-hybridized carbons (Fsp3) is 0.357. The Morgan fingerprint density at radius 3 is 2.84 bits per heavy atom. The van der Waals surface area contributed by atoms with Crippen LogP contribution in [-0.2, 0) is 0 Å². The highest BCUT2D eigenvalue weighted by Gasteiger charge is 2.17. The summed E-state index contributed by atoms with van der Waals surface area (Å²) in [6.07, 6.45) is 2.85. The summed E-state index contributed by atoms with van der Waals surface area (Å²) in [6.45, 7) is 4.29. The van der Waals surface area contributed by atoms with Crippen molar-refractivity contribution in [2.24, 2.45) is 0 Å². The van der Waals surface area contributed by atoms with Crippen LogP contribution in [0.1, 0.15) is 42.9 Å². The molecule has 2 nitrogen and oxygen atoms in total. The van der Waals surface area contributed by atoms with E-state index in [1.807, 2.05) is 23.7 Å². The first-order valence-electron chi connectivity index (χ1n) is 6.22. The molecule has 0 radical (unpaired) electrons. The Hall–Kier alpha value is -0.420. The summed E-state index contributed by atoms with van der Waals surface area (Å²) in [6, 6.07) is 6.46. The lowest BCUT2D eigenvalue weighted by Gasteiger charge is -2.22. The first kappa shape index (κ1) is 15.0. The van der Waals surface area contributed by atoms with Gasteiger partial charge in [-0.1, -0.05) is 40.5 Å². The number of halogens is 2. The van der Waals surface area contributed by atoms with Gasteiger partial charge in [-0.25, -0.2) is 4.98 Å². The summed E-state index contributed by atoms with van der Waals surface area (Å²) in [7, 11) is 0. The van der Waals surface area contributed by atoms with Gasteiger partial charge in [-0.05, 0) is 31.0 Å². The molecule has 0 spiro atoms. The van der Waals surface area contributed by atoms with Gasteiger partial charge in [-0.2, -0.15) is 0 Å². The number of thiazole rings is 1. The molecule has 0 bridgehead atoms. The van der Waals surface area contributed by atoms with E-state index in [4.69, 9.17) is 11.6 Å². The van der Waals surface area contributed by atoms with Crippen LogP contribution in [0.5, 0.6) is 0 Å². The van der Waals surface area contributed by atoms with E-state index < -0.39 is 0 Å². The summed E-state index contributed by atoms with van der Waals surface area (Å²) < 4.78 is 1.00. The van der Waals surface area contributed by atoms with Crippen LogP contribution in [0.15, 0.2) is 34.2 Å². The second kappa shape index (κ2) is 6.84. The molecule has 2 rings (SSSR count). The zero-order valence-electron chi connectivity index (χ0n) is 10.9.